The van der Waals surface area contributed by atoms with Crippen molar-refractivity contribution in [1.29, 1.82) is 0 Å². The van der Waals surface area contributed by atoms with Crippen LogP contribution < -0.4 is 10.5 Å². The number of para-hydroxylation sites is 1. The summed E-state index contributed by atoms with van der Waals surface area (Å²) in [6.45, 7) is 4.91. The summed E-state index contributed by atoms with van der Waals surface area (Å²) in [5.41, 5.74) is 9.27. The third kappa shape index (κ3) is 4.03. The first-order valence-electron chi connectivity index (χ1n) is 10.9. The molecule has 166 valence electrons. The van der Waals surface area contributed by atoms with Gasteiger partial charge in [0.15, 0.2) is 5.82 Å². The highest BCUT2D eigenvalue weighted by Crippen LogP contribution is 2.33. The molecule has 1 aliphatic rings. The van der Waals surface area contributed by atoms with E-state index in [1.54, 1.807) is 4.68 Å². The van der Waals surface area contributed by atoms with E-state index in [0.29, 0.717) is 23.4 Å². The van der Waals surface area contributed by atoms with Gasteiger partial charge in [-0.05, 0) is 55.3 Å². The van der Waals surface area contributed by atoms with E-state index < -0.39 is 0 Å². The number of amides is 1. The maximum atomic E-state index is 12.2. The lowest BCUT2D eigenvalue weighted by Gasteiger charge is -2.31. The van der Waals surface area contributed by atoms with Crippen molar-refractivity contribution in [3.05, 3.63) is 79.3 Å². The Labute approximate surface area is 191 Å². The van der Waals surface area contributed by atoms with E-state index in [4.69, 9.17) is 15.6 Å². The van der Waals surface area contributed by atoms with Crippen LogP contribution in [-0.2, 0) is 4.79 Å². The summed E-state index contributed by atoms with van der Waals surface area (Å²) >= 11 is 0. The Bertz CT molecular complexity index is 1300. The topological polar surface area (TPSA) is 99.2 Å². The van der Waals surface area contributed by atoms with Gasteiger partial charge >= 0.3 is 0 Å². The van der Waals surface area contributed by atoms with E-state index in [1.807, 2.05) is 59.5 Å². The van der Waals surface area contributed by atoms with E-state index in [2.05, 4.69) is 16.5 Å². The van der Waals surface area contributed by atoms with Crippen LogP contribution in [0.2, 0.25) is 0 Å². The van der Waals surface area contributed by atoms with Crippen LogP contribution in [-0.4, -0.2) is 43.6 Å². The average molecular weight is 441 g/mol. The molecule has 0 aliphatic carbocycles. The van der Waals surface area contributed by atoms with E-state index in [-0.39, 0.29) is 11.8 Å². The first-order chi connectivity index (χ1) is 16.1. The maximum absolute atomic E-state index is 12.2. The number of nitrogens with zero attached hydrogens (tertiary/aromatic N) is 5. The molecular weight excluding hydrogens is 416 g/mol. The summed E-state index contributed by atoms with van der Waals surface area (Å²) in [5, 5.41) is 4.91. The number of ether oxygens (including phenoxy) is 1. The number of carbonyl (C=O) groups excluding carboxylic acids is 1. The van der Waals surface area contributed by atoms with E-state index in [1.165, 1.54) is 12.4 Å². The van der Waals surface area contributed by atoms with Gasteiger partial charge in [0.1, 0.15) is 28.9 Å². The summed E-state index contributed by atoms with van der Waals surface area (Å²) < 4.78 is 7.68. The van der Waals surface area contributed by atoms with Crippen molar-refractivity contribution in [1.82, 2.24) is 24.6 Å². The number of benzene rings is 2. The predicted molar refractivity (Wildman–Crippen MR) is 126 cm³/mol. The number of piperidine rings is 1. The number of aromatic nitrogens is 4. The molecule has 0 saturated carbocycles. The molecule has 0 bridgehead atoms. The Morgan fingerprint density at radius 1 is 1.09 bits per heavy atom. The van der Waals surface area contributed by atoms with E-state index in [0.717, 1.165) is 42.3 Å². The molecule has 1 saturated heterocycles. The standard InChI is InChI=1S/C25H24N6O2/c1-2-21(32)30-14-6-7-17(15-30)22-23-24(25(26)28-16-27-23)31(29-22)18-10-12-20(13-11-18)33-19-8-4-3-5-9-19/h2-5,8-13,16-17H,1,6-7,14-15H2,(H2,26,27,28)/t17-/m0/s1. The number of anilines is 1. The second-order valence-corrected chi connectivity index (χ2v) is 7.99. The zero-order valence-electron chi connectivity index (χ0n) is 18.1. The number of likely N-dealkylation sites (tertiary alicyclic amines) is 1. The summed E-state index contributed by atoms with van der Waals surface area (Å²) in [4.78, 5) is 22.7. The third-order valence-electron chi connectivity index (χ3n) is 5.87. The summed E-state index contributed by atoms with van der Waals surface area (Å²) in [7, 11) is 0. The highest BCUT2D eigenvalue weighted by atomic mass is 16.5. The van der Waals surface area contributed by atoms with Crippen LogP contribution in [0.15, 0.2) is 73.6 Å². The quantitative estimate of drug-likeness (QED) is 0.470. The Balaban J connectivity index is 1.50. The predicted octanol–water partition coefficient (Wildman–Crippen LogP) is 4.08. The molecule has 0 spiro atoms. The van der Waals surface area contributed by atoms with Crippen molar-refractivity contribution in [2.75, 3.05) is 18.8 Å². The van der Waals surface area contributed by atoms with Gasteiger partial charge in [0.2, 0.25) is 5.91 Å². The molecule has 2 N–H and O–H groups in total. The van der Waals surface area contributed by atoms with Crippen LogP contribution >= 0.6 is 0 Å². The van der Waals surface area contributed by atoms with Crippen molar-refractivity contribution < 1.29 is 9.53 Å². The molecule has 2 aromatic heterocycles. The van der Waals surface area contributed by atoms with Crippen molar-refractivity contribution in [2.45, 2.75) is 18.8 Å². The lowest BCUT2D eigenvalue weighted by molar-refractivity contribution is -0.127. The molecule has 1 fully saturated rings. The second-order valence-electron chi connectivity index (χ2n) is 7.99. The Hall–Kier alpha value is -4.20. The highest BCUT2D eigenvalue weighted by Gasteiger charge is 2.29. The smallest absolute Gasteiger partial charge is 0.245 e. The SMILES string of the molecule is C=CC(=O)N1CCC[C@H](c2nn(-c3ccc(Oc4ccccc4)cc3)c3c(N)ncnc23)C1. The molecule has 8 nitrogen and oxygen atoms in total. The molecular formula is C25H24N6O2. The minimum absolute atomic E-state index is 0.0568. The number of rotatable bonds is 5. The van der Waals surface area contributed by atoms with Gasteiger partial charge in [-0.25, -0.2) is 14.6 Å². The summed E-state index contributed by atoms with van der Waals surface area (Å²) in [5.74, 6) is 1.84. The Kier molecular flexibility index (Phi) is 5.48. The fourth-order valence-corrected chi connectivity index (χ4v) is 4.27. The average Bonchev–Trinajstić information content (AvgIpc) is 3.26. The third-order valence-corrected chi connectivity index (χ3v) is 5.87. The number of fused-ring (bicyclic) bond motifs is 1. The monoisotopic (exact) mass is 440 g/mol. The lowest BCUT2D eigenvalue weighted by atomic mass is 9.94. The molecule has 0 radical (unpaired) electrons. The van der Waals surface area contributed by atoms with Gasteiger partial charge in [-0.1, -0.05) is 24.8 Å². The molecule has 4 aromatic rings. The normalized spacial score (nSPS) is 16.0. The van der Waals surface area contributed by atoms with Crippen molar-refractivity contribution >= 4 is 22.8 Å². The van der Waals surface area contributed by atoms with Crippen LogP contribution in [0.25, 0.3) is 16.7 Å². The van der Waals surface area contributed by atoms with Crippen molar-refractivity contribution in [3.63, 3.8) is 0 Å². The number of nitrogen functional groups attached to an aromatic ring is 1. The second kappa shape index (κ2) is 8.74. The van der Waals surface area contributed by atoms with Gasteiger partial charge in [-0.2, -0.15) is 5.10 Å². The van der Waals surface area contributed by atoms with Crippen LogP contribution in [0, 0.1) is 0 Å². The molecule has 1 amide bonds. The van der Waals surface area contributed by atoms with Gasteiger partial charge in [0.05, 0.1) is 11.4 Å². The molecule has 8 heteroatoms. The summed E-state index contributed by atoms with van der Waals surface area (Å²) in [6, 6.07) is 17.2. The minimum Gasteiger partial charge on any atom is -0.457 e. The van der Waals surface area contributed by atoms with Crippen molar-refractivity contribution in [3.8, 4) is 17.2 Å². The van der Waals surface area contributed by atoms with Crippen LogP contribution in [0.1, 0.15) is 24.5 Å². The first-order valence-corrected chi connectivity index (χ1v) is 10.9. The first kappa shape index (κ1) is 20.7. The van der Waals surface area contributed by atoms with Crippen molar-refractivity contribution in [2.24, 2.45) is 0 Å². The fourth-order valence-electron chi connectivity index (χ4n) is 4.27. The minimum atomic E-state index is -0.0633. The number of hydrogen-bond acceptors (Lipinski definition) is 6. The van der Waals surface area contributed by atoms with E-state index in [9.17, 15) is 4.79 Å². The van der Waals surface area contributed by atoms with Gasteiger partial charge in [-0.3, -0.25) is 4.79 Å². The van der Waals surface area contributed by atoms with Crippen LogP contribution in [0.4, 0.5) is 5.82 Å². The van der Waals surface area contributed by atoms with Gasteiger partial charge in [0.25, 0.3) is 0 Å². The Morgan fingerprint density at radius 3 is 2.61 bits per heavy atom. The number of carbonyl (C=O) groups is 1. The molecule has 3 heterocycles. The fraction of sp³-hybridized carbons (Fsp3) is 0.200. The number of nitrogens with two attached hydrogens (primary N) is 1. The molecule has 1 aliphatic heterocycles. The van der Waals surface area contributed by atoms with Crippen LogP contribution in [0.5, 0.6) is 11.5 Å². The molecule has 5 rings (SSSR count). The molecule has 0 unspecified atom stereocenters. The zero-order chi connectivity index (χ0) is 22.8. The van der Waals surface area contributed by atoms with Gasteiger partial charge in [0, 0.05) is 19.0 Å². The molecule has 33 heavy (non-hydrogen) atoms. The molecule has 1 atom stereocenters. The zero-order valence-corrected chi connectivity index (χ0v) is 18.1. The van der Waals surface area contributed by atoms with Crippen LogP contribution in [0.3, 0.4) is 0 Å². The van der Waals surface area contributed by atoms with Gasteiger partial charge in [-0.15, -0.1) is 0 Å². The summed E-state index contributed by atoms with van der Waals surface area (Å²) in [6.07, 6.45) is 4.63. The Morgan fingerprint density at radius 2 is 1.85 bits per heavy atom. The highest BCUT2D eigenvalue weighted by molar-refractivity contribution is 5.89. The van der Waals surface area contributed by atoms with Gasteiger partial charge < -0.3 is 15.4 Å². The lowest BCUT2D eigenvalue weighted by Crippen LogP contribution is -2.38. The maximum Gasteiger partial charge on any atom is 0.245 e. The number of hydrogen-bond donors (Lipinski definition) is 1. The molecule has 2 aromatic carbocycles. The largest absolute Gasteiger partial charge is 0.457 e. The van der Waals surface area contributed by atoms with E-state index >= 15 is 0 Å².